The monoisotopic (exact) mass is 359 g/mol. The Kier molecular flexibility index (Phi) is 9.93. The minimum atomic E-state index is -0.453. The highest BCUT2D eigenvalue weighted by molar-refractivity contribution is 6.04. The van der Waals surface area contributed by atoms with Crippen LogP contribution in [0.25, 0.3) is 10.9 Å². The van der Waals surface area contributed by atoms with Crippen LogP contribution in [-0.2, 0) is 0 Å². The second-order valence-corrected chi connectivity index (χ2v) is 5.59. The number of unbranched alkanes of at least 4 members (excludes halogenated alkanes) is 3. The van der Waals surface area contributed by atoms with Crippen molar-refractivity contribution in [1.82, 2.24) is 9.78 Å². The van der Waals surface area contributed by atoms with Crippen molar-refractivity contribution in [3.05, 3.63) is 30.0 Å². The number of hydrogen-bond donors (Lipinski definition) is 1. The lowest BCUT2D eigenvalue weighted by molar-refractivity contribution is 0.0996. The van der Waals surface area contributed by atoms with Gasteiger partial charge in [0, 0.05) is 5.39 Å². The lowest BCUT2D eigenvalue weighted by Crippen LogP contribution is -2.15. The fourth-order valence-corrected chi connectivity index (χ4v) is 2.86. The van der Waals surface area contributed by atoms with Gasteiger partial charge in [0.2, 0.25) is 0 Å². The van der Waals surface area contributed by atoms with Crippen LogP contribution in [-0.4, -0.2) is 15.7 Å². The van der Waals surface area contributed by atoms with E-state index in [4.69, 9.17) is 5.73 Å². The van der Waals surface area contributed by atoms with Crippen molar-refractivity contribution in [2.45, 2.75) is 58.4 Å². The highest BCUT2D eigenvalue weighted by atomic mass is 35.5. The maximum atomic E-state index is 11.6. The third-order valence-electron chi connectivity index (χ3n) is 4.06. The summed E-state index contributed by atoms with van der Waals surface area (Å²) in [5.74, 6) is -0.453. The van der Waals surface area contributed by atoms with E-state index in [0.29, 0.717) is 11.7 Å². The average molecular weight is 360 g/mol. The number of carbonyl (C=O) groups excluding carboxylic acids is 1. The number of primary amides is 1. The first-order chi connectivity index (χ1) is 10.2. The lowest BCUT2D eigenvalue weighted by atomic mass is 10.1. The standard InChI is InChI=1S/C17H25N3O.2ClH/c1-3-5-6-7-10-13(4-2)20-15-12-9-8-11-14(15)16(19-20)17(18)21;;/h8-9,11-13H,3-7,10H2,1-2H3,(H2,18,21);2*1H. The number of carbonyl (C=O) groups is 1. The summed E-state index contributed by atoms with van der Waals surface area (Å²) in [5, 5.41) is 5.36. The molecule has 2 rings (SSSR count). The number of nitrogens with zero attached hydrogens (tertiary/aromatic N) is 2. The van der Waals surface area contributed by atoms with Crippen molar-refractivity contribution >= 4 is 41.6 Å². The van der Waals surface area contributed by atoms with Crippen molar-refractivity contribution < 1.29 is 4.79 Å². The summed E-state index contributed by atoms with van der Waals surface area (Å²) >= 11 is 0. The van der Waals surface area contributed by atoms with Crippen LogP contribution in [0.5, 0.6) is 0 Å². The number of hydrogen-bond acceptors (Lipinski definition) is 2. The Morgan fingerprint density at radius 1 is 1.17 bits per heavy atom. The number of benzene rings is 1. The van der Waals surface area contributed by atoms with Crippen LogP contribution in [0, 0.1) is 0 Å². The first kappa shape index (κ1) is 21.7. The summed E-state index contributed by atoms with van der Waals surface area (Å²) in [6.45, 7) is 4.39. The fourth-order valence-electron chi connectivity index (χ4n) is 2.86. The van der Waals surface area contributed by atoms with Crippen LogP contribution in [0.2, 0.25) is 0 Å². The zero-order valence-corrected chi connectivity index (χ0v) is 15.5. The molecule has 0 saturated carbocycles. The highest BCUT2D eigenvalue weighted by Crippen LogP contribution is 2.26. The van der Waals surface area contributed by atoms with E-state index in [9.17, 15) is 4.79 Å². The number of para-hydroxylation sites is 1. The largest absolute Gasteiger partial charge is 0.364 e. The van der Waals surface area contributed by atoms with Gasteiger partial charge in [-0.2, -0.15) is 5.10 Å². The average Bonchev–Trinajstić information content (AvgIpc) is 2.87. The minimum absolute atomic E-state index is 0. The molecule has 0 aliphatic carbocycles. The molecule has 1 unspecified atom stereocenters. The van der Waals surface area contributed by atoms with Gasteiger partial charge in [-0.15, -0.1) is 24.8 Å². The molecule has 0 saturated heterocycles. The van der Waals surface area contributed by atoms with Gasteiger partial charge in [0.15, 0.2) is 5.69 Å². The zero-order chi connectivity index (χ0) is 15.2. The van der Waals surface area contributed by atoms with Crippen LogP contribution in [0.3, 0.4) is 0 Å². The van der Waals surface area contributed by atoms with E-state index in [0.717, 1.165) is 23.7 Å². The molecule has 0 bridgehead atoms. The van der Waals surface area contributed by atoms with Crippen LogP contribution in [0.1, 0.15) is 68.9 Å². The molecule has 1 aromatic carbocycles. The van der Waals surface area contributed by atoms with Crippen molar-refractivity contribution in [2.75, 3.05) is 0 Å². The van der Waals surface area contributed by atoms with Crippen molar-refractivity contribution in [3.63, 3.8) is 0 Å². The van der Waals surface area contributed by atoms with Gasteiger partial charge in [0.05, 0.1) is 11.6 Å². The summed E-state index contributed by atoms with van der Waals surface area (Å²) in [6.07, 6.45) is 7.09. The number of rotatable bonds is 8. The first-order valence-electron chi connectivity index (χ1n) is 7.96. The van der Waals surface area contributed by atoms with Gasteiger partial charge in [0.25, 0.3) is 5.91 Å². The third kappa shape index (κ3) is 5.11. The highest BCUT2D eigenvalue weighted by Gasteiger charge is 2.18. The number of amides is 1. The summed E-state index contributed by atoms with van der Waals surface area (Å²) < 4.78 is 2.00. The second-order valence-electron chi connectivity index (χ2n) is 5.59. The molecule has 0 spiro atoms. The molecule has 0 radical (unpaired) electrons. The SMILES string of the molecule is CCCCCCC(CC)n1nc(C(N)=O)c2ccccc21.Cl.Cl. The van der Waals surface area contributed by atoms with E-state index in [1.165, 1.54) is 25.7 Å². The van der Waals surface area contributed by atoms with Gasteiger partial charge in [-0.3, -0.25) is 9.48 Å². The molecule has 4 nitrogen and oxygen atoms in total. The maximum Gasteiger partial charge on any atom is 0.269 e. The molecule has 1 aromatic heterocycles. The Morgan fingerprint density at radius 3 is 2.48 bits per heavy atom. The molecule has 2 aromatic rings. The predicted octanol–water partition coefficient (Wildman–Crippen LogP) is 4.90. The van der Waals surface area contributed by atoms with Gasteiger partial charge < -0.3 is 5.73 Å². The first-order valence-corrected chi connectivity index (χ1v) is 7.96. The molecule has 0 aliphatic rings. The third-order valence-corrected chi connectivity index (χ3v) is 4.06. The van der Waals surface area contributed by atoms with Crippen LogP contribution in [0.4, 0.5) is 0 Å². The van der Waals surface area contributed by atoms with Crippen LogP contribution < -0.4 is 5.73 Å². The molecule has 0 fully saturated rings. The molecular formula is C17H27Cl2N3O. The van der Waals surface area contributed by atoms with E-state index >= 15 is 0 Å². The molecule has 23 heavy (non-hydrogen) atoms. The van der Waals surface area contributed by atoms with Gasteiger partial charge >= 0.3 is 0 Å². The summed E-state index contributed by atoms with van der Waals surface area (Å²) in [5.41, 5.74) is 6.85. The Hall–Kier alpha value is -1.26. The maximum absolute atomic E-state index is 11.6. The van der Waals surface area contributed by atoms with Gasteiger partial charge in [-0.1, -0.05) is 57.7 Å². The van der Waals surface area contributed by atoms with Crippen LogP contribution in [0.15, 0.2) is 24.3 Å². The molecular weight excluding hydrogens is 333 g/mol. The predicted molar refractivity (Wildman–Crippen MR) is 101 cm³/mol. The smallest absolute Gasteiger partial charge is 0.269 e. The summed E-state index contributed by atoms with van der Waals surface area (Å²) in [6, 6.07) is 8.17. The molecule has 1 atom stereocenters. The molecule has 6 heteroatoms. The molecule has 2 N–H and O–H groups in total. The Balaban J connectivity index is 0.00000242. The van der Waals surface area contributed by atoms with Crippen molar-refractivity contribution in [2.24, 2.45) is 5.73 Å². The Bertz CT molecular complexity index is 613. The number of nitrogens with two attached hydrogens (primary N) is 1. The van der Waals surface area contributed by atoms with Crippen molar-refractivity contribution in [1.29, 1.82) is 0 Å². The molecule has 1 heterocycles. The van der Waals surface area contributed by atoms with Crippen molar-refractivity contribution in [3.8, 4) is 0 Å². The molecule has 130 valence electrons. The number of halogens is 2. The summed E-state index contributed by atoms with van der Waals surface area (Å²) in [4.78, 5) is 11.6. The van der Waals surface area contributed by atoms with E-state index in [-0.39, 0.29) is 24.8 Å². The van der Waals surface area contributed by atoms with Gasteiger partial charge in [-0.05, 0) is 18.9 Å². The quantitative estimate of drug-likeness (QED) is 0.681. The molecule has 1 amide bonds. The Morgan fingerprint density at radius 2 is 1.87 bits per heavy atom. The normalized spacial score (nSPS) is 11.6. The van der Waals surface area contributed by atoms with Gasteiger partial charge in [0.1, 0.15) is 0 Å². The number of aromatic nitrogens is 2. The second kappa shape index (κ2) is 10.5. The van der Waals surface area contributed by atoms with E-state index in [1.54, 1.807) is 0 Å². The lowest BCUT2D eigenvalue weighted by Gasteiger charge is -2.16. The summed E-state index contributed by atoms with van der Waals surface area (Å²) in [7, 11) is 0. The van der Waals surface area contributed by atoms with Gasteiger partial charge in [-0.25, -0.2) is 0 Å². The minimum Gasteiger partial charge on any atom is -0.364 e. The van der Waals surface area contributed by atoms with E-state index in [2.05, 4.69) is 18.9 Å². The van der Waals surface area contributed by atoms with E-state index < -0.39 is 5.91 Å². The van der Waals surface area contributed by atoms with Crippen LogP contribution >= 0.6 is 24.8 Å². The Labute approximate surface area is 150 Å². The topological polar surface area (TPSA) is 60.9 Å². The van der Waals surface area contributed by atoms with E-state index in [1.807, 2.05) is 28.9 Å². The zero-order valence-electron chi connectivity index (χ0n) is 13.8. The fraction of sp³-hybridized carbons (Fsp3) is 0.529. The molecule has 0 aliphatic heterocycles. The number of fused-ring (bicyclic) bond motifs is 1.